The number of hydrogen-bond acceptors (Lipinski definition) is 3. The van der Waals surface area contributed by atoms with E-state index in [1.54, 1.807) is 4.90 Å². The summed E-state index contributed by atoms with van der Waals surface area (Å²) in [6.07, 6.45) is -3.01. The van der Waals surface area contributed by atoms with Crippen molar-refractivity contribution in [2.24, 2.45) is 5.92 Å². The van der Waals surface area contributed by atoms with Crippen molar-refractivity contribution in [2.45, 2.75) is 25.6 Å². The molecule has 100 valence electrons. The number of alkyl halides is 3. The van der Waals surface area contributed by atoms with Crippen LogP contribution in [0.5, 0.6) is 0 Å². The minimum absolute atomic E-state index is 0.185. The number of piperidine rings is 1. The summed E-state index contributed by atoms with van der Waals surface area (Å²) >= 11 is 0. The third-order valence-corrected chi connectivity index (χ3v) is 3.32. The topological polar surface area (TPSA) is 36.4 Å². The standard InChI is InChI=1S/C12H15F3N2O/c1-8-3-5-17(7-10(8)18)9-2-4-16-11(6-9)12(13,14)15/h2,4,6,8,10,18H,3,5,7H2,1H3. The van der Waals surface area contributed by atoms with E-state index in [0.717, 1.165) is 18.7 Å². The Labute approximate surface area is 103 Å². The maximum atomic E-state index is 12.5. The number of aliphatic hydroxyl groups is 1. The zero-order chi connectivity index (χ0) is 13.3. The predicted octanol–water partition coefficient (Wildman–Crippen LogP) is 2.31. The number of hydrogen-bond donors (Lipinski definition) is 1. The van der Waals surface area contributed by atoms with E-state index in [4.69, 9.17) is 0 Å². The fourth-order valence-electron chi connectivity index (χ4n) is 2.05. The predicted molar refractivity (Wildman–Crippen MR) is 61.2 cm³/mol. The van der Waals surface area contributed by atoms with Crippen LogP contribution in [0, 0.1) is 5.92 Å². The summed E-state index contributed by atoms with van der Waals surface area (Å²) in [6.45, 7) is 2.96. The van der Waals surface area contributed by atoms with E-state index in [-0.39, 0.29) is 5.92 Å². The van der Waals surface area contributed by atoms with Gasteiger partial charge in [0.15, 0.2) is 0 Å². The first-order chi connectivity index (χ1) is 8.38. The largest absolute Gasteiger partial charge is 0.433 e. The molecule has 0 spiro atoms. The van der Waals surface area contributed by atoms with Crippen molar-refractivity contribution in [2.75, 3.05) is 18.0 Å². The first-order valence-electron chi connectivity index (χ1n) is 5.84. The molecule has 1 saturated heterocycles. The Balaban J connectivity index is 2.19. The molecule has 2 heterocycles. The van der Waals surface area contributed by atoms with E-state index >= 15 is 0 Å². The first kappa shape index (κ1) is 13.1. The zero-order valence-electron chi connectivity index (χ0n) is 9.98. The molecule has 2 unspecified atom stereocenters. The highest BCUT2D eigenvalue weighted by molar-refractivity contribution is 5.47. The highest BCUT2D eigenvalue weighted by Gasteiger charge is 2.33. The fraction of sp³-hybridized carbons (Fsp3) is 0.583. The summed E-state index contributed by atoms with van der Waals surface area (Å²) in [5.74, 6) is 0.185. The Morgan fingerprint density at radius 1 is 1.44 bits per heavy atom. The van der Waals surface area contributed by atoms with Crippen molar-refractivity contribution in [1.29, 1.82) is 0 Å². The molecule has 2 rings (SSSR count). The van der Waals surface area contributed by atoms with Gasteiger partial charge in [-0.25, -0.2) is 0 Å². The van der Waals surface area contributed by atoms with Crippen molar-refractivity contribution >= 4 is 5.69 Å². The SMILES string of the molecule is CC1CCN(c2ccnc(C(F)(F)F)c2)CC1O. The highest BCUT2D eigenvalue weighted by Crippen LogP contribution is 2.31. The van der Waals surface area contributed by atoms with E-state index in [1.807, 2.05) is 6.92 Å². The molecule has 1 aromatic rings. The molecule has 18 heavy (non-hydrogen) atoms. The molecule has 3 nitrogen and oxygen atoms in total. The summed E-state index contributed by atoms with van der Waals surface area (Å²) in [6, 6.07) is 2.57. The third kappa shape index (κ3) is 2.75. The molecule has 0 aliphatic carbocycles. The van der Waals surface area contributed by atoms with Gasteiger partial charge in [0, 0.05) is 25.0 Å². The van der Waals surface area contributed by atoms with Gasteiger partial charge in [-0.1, -0.05) is 6.92 Å². The van der Waals surface area contributed by atoms with Crippen LogP contribution in [0.2, 0.25) is 0 Å². The Kier molecular flexibility index (Phi) is 3.47. The lowest BCUT2D eigenvalue weighted by Crippen LogP contribution is -2.43. The number of pyridine rings is 1. The highest BCUT2D eigenvalue weighted by atomic mass is 19.4. The van der Waals surface area contributed by atoms with Gasteiger partial charge in [-0.3, -0.25) is 4.98 Å². The molecule has 0 radical (unpaired) electrons. The normalized spacial score (nSPS) is 25.3. The lowest BCUT2D eigenvalue weighted by Gasteiger charge is -2.35. The molecule has 0 aromatic carbocycles. The van der Waals surface area contributed by atoms with Crippen LogP contribution in [0.3, 0.4) is 0 Å². The number of rotatable bonds is 1. The second kappa shape index (κ2) is 4.76. The number of anilines is 1. The molecular weight excluding hydrogens is 245 g/mol. The second-order valence-electron chi connectivity index (χ2n) is 4.68. The average molecular weight is 260 g/mol. The quantitative estimate of drug-likeness (QED) is 0.841. The van der Waals surface area contributed by atoms with Crippen LogP contribution in [-0.4, -0.2) is 29.3 Å². The van der Waals surface area contributed by atoms with Gasteiger partial charge < -0.3 is 10.0 Å². The van der Waals surface area contributed by atoms with Crippen LogP contribution in [0.15, 0.2) is 18.3 Å². The van der Waals surface area contributed by atoms with Crippen molar-refractivity contribution in [3.05, 3.63) is 24.0 Å². The van der Waals surface area contributed by atoms with Crippen LogP contribution in [0.4, 0.5) is 18.9 Å². The average Bonchev–Trinajstić information content (AvgIpc) is 2.32. The van der Waals surface area contributed by atoms with Crippen LogP contribution >= 0.6 is 0 Å². The second-order valence-corrected chi connectivity index (χ2v) is 4.68. The molecule has 0 saturated carbocycles. The van der Waals surface area contributed by atoms with Gasteiger partial charge in [0.2, 0.25) is 0 Å². The molecule has 1 aliphatic heterocycles. The molecule has 0 bridgehead atoms. The molecular formula is C12H15F3N2O. The van der Waals surface area contributed by atoms with Crippen LogP contribution in [0.25, 0.3) is 0 Å². The van der Waals surface area contributed by atoms with Gasteiger partial charge in [0.1, 0.15) is 5.69 Å². The van der Waals surface area contributed by atoms with E-state index in [0.29, 0.717) is 18.8 Å². The zero-order valence-corrected chi connectivity index (χ0v) is 9.98. The summed E-state index contributed by atoms with van der Waals surface area (Å²) in [5, 5.41) is 9.76. The minimum atomic E-state index is -4.43. The maximum Gasteiger partial charge on any atom is 0.433 e. The Hall–Kier alpha value is -1.30. The first-order valence-corrected chi connectivity index (χ1v) is 5.84. The van der Waals surface area contributed by atoms with Crippen molar-refractivity contribution in [3.63, 3.8) is 0 Å². The summed E-state index contributed by atoms with van der Waals surface area (Å²) in [7, 11) is 0. The summed E-state index contributed by atoms with van der Waals surface area (Å²) in [4.78, 5) is 5.09. The third-order valence-electron chi connectivity index (χ3n) is 3.32. The minimum Gasteiger partial charge on any atom is -0.391 e. The molecule has 2 atom stereocenters. The van der Waals surface area contributed by atoms with Gasteiger partial charge in [-0.2, -0.15) is 13.2 Å². The van der Waals surface area contributed by atoms with Crippen molar-refractivity contribution < 1.29 is 18.3 Å². The smallest absolute Gasteiger partial charge is 0.391 e. The van der Waals surface area contributed by atoms with Gasteiger partial charge in [-0.15, -0.1) is 0 Å². The van der Waals surface area contributed by atoms with Crippen molar-refractivity contribution in [3.8, 4) is 0 Å². The van der Waals surface area contributed by atoms with E-state index < -0.39 is 18.0 Å². The Morgan fingerprint density at radius 3 is 2.78 bits per heavy atom. The van der Waals surface area contributed by atoms with Crippen LogP contribution < -0.4 is 4.90 Å². The molecule has 0 amide bonds. The molecule has 1 aromatic heterocycles. The molecule has 1 aliphatic rings. The van der Waals surface area contributed by atoms with E-state index in [9.17, 15) is 18.3 Å². The Morgan fingerprint density at radius 2 is 2.17 bits per heavy atom. The number of β-amino-alcohol motifs (C(OH)–C–C–N with tert-alkyl or cyclic N) is 1. The fourth-order valence-corrected chi connectivity index (χ4v) is 2.05. The van der Waals surface area contributed by atoms with E-state index in [2.05, 4.69) is 4.98 Å². The van der Waals surface area contributed by atoms with Crippen LogP contribution in [-0.2, 0) is 6.18 Å². The van der Waals surface area contributed by atoms with Crippen LogP contribution in [0.1, 0.15) is 19.0 Å². The van der Waals surface area contributed by atoms with Gasteiger partial charge in [0.05, 0.1) is 6.10 Å². The summed E-state index contributed by atoms with van der Waals surface area (Å²) in [5.41, 5.74) is -0.434. The van der Waals surface area contributed by atoms with Gasteiger partial charge >= 0.3 is 6.18 Å². The van der Waals surface area contributed by atoms with Gasteiger partial charge in [-0.05, 0) is 24.5 Å². The number of halogens is 3. The van der Waals surface area contributed by atoms with E-state index in [1.165, 1.54) is 6.07 Å². The Bertz CT molecular complexity index is 422. The lowest BCUT2D eigenvalue weighted by atomic mass is 9.96. The lowest BCUT2D eigenvalue weighted by molar-refractivity contribution is -0.141. The summed E-state index contributed by atoms with van der Waals surface area (Å²) < 4.78 is 37.6. The monoisotopic (exact) mass is 260 g/mol. The van der Waals surface area contributed by atoms with Crippen molar-refractivity contribution in [1.82, 2.24) is 4.98 Å². The molecule has 6 heteroatoms. The number of nitrogens with zero attached hydrogens (tertiary/aromatic N) is 2. The number of aliphatic hydroxyl groups excluding tert-OH is 1. The maximum absolute atomic E-state index is 12.5. The molecule has 1 N–H and O–H groups in total. The molecule has 1 fully saturated rings. The number of aromatic nitrogens is 1. The van der Waals surface area contributed by atoms with Gasteiger partial charge in [0.25, 0.3) is 0 Å².